The van der Waals surface area contributed by atoms with Crippen molar-refractivity contribution in [3.63, 3.8) is 0 Å². The van der Waals surface area contributed by atoms with Gasteiger partial charge >= 0.3 is 6.55 Å². The summed E-state index contributed by atoms with van der Waals surface area (Å²) in [6.07, 6.45) is 5.54. The summed E-state index contributed by atoms with van der Waals surface area (Å²) in [6.45, 7) is -1.29. The van der Waals surface area contributed by atoms with Gasteiger partial charge in [0.25, 0.3) is 0 Å². The number of nitrogens with one attached hydrogen (secondary N) is 2. The number of carbonyl (C=O) groups is 1. The quantitative estimate of drug-likeness (QED) is 0.662. The lowest BCUT2D eigenvalue weighted by Crippen LogP contribution is -2.19. The fourth-order valence-corrected chi connectivity index (χ4v) is 3.54. The standard InChI is InChI=1S/C19H20F2N6O2/c20-19(21)27-17(15(10-23-27)29-14-3-5-22-9-14)12-4-6-26-13(7-12)8-16(25-26)24-18(28)11-1-2-11/h4,6-8,10-11,14,19,22H,1-3,5,9H2,(H,24,25,28)/t14-/m0/s1. The van der Waals surface area contributed by atoms with Crippen molar-refractivity contribution in [3.8, 4) is 17.0 Å². The van der Waals surface area contributed by atoms with Gasteiger partial charge in [-0.1, -0.05) is 0 Å². The molecule has 3 aromatic rings. The Bertz CT molecular complexity index is 1050. The van der Waals surface area contributed by atoms with Crippen LogP contribution in [0.3, 0.4) is 0 Å². The van der Waals surface area contributed by atoms with Crippen molar-refractivity contribution in [2.45, 2.75) is 31.9 Å². The number of rotatable bonds is 6. The number of ether oxygens (including phenoxy) is 1. The van der Waals surface area contributed by atoms with Crippen molar-refractivity contribution in [1.29, 1.82) is 0 Å². The first kappa shape index (κ1) is 18.0. The number of pyridine rings is 1. The van der Waals surface area contributed by atoms with Gasteiger partial charge in [-0.05, 0) is 37.9 Å². The first-order chi connectivity index (χ1) is 14.1. The van der Waals surface area contributed by atoms with Crippen LogP contribution < -0.4 is 15.4 Å². The third kappa shape index (κ3) is 3.55. The maximum atomic E-state index is 13.6. The van der Waals surface area contributed by atoms with Crippen LogP contribution in [-0.2, 0) is 4.79 Å². The highest BCUT2D eigenvalue weighted by atomic mass is 19.3. The summed E-state index contributed by atoms with van der Waals surface area (Å²) in [7, 11) is 0. The van der Waals surface area contributed by atoms with Gasteiger partial charge in [-0.2, -0.15) is 23.7 Å². The van der Waals surface area contributed by atoms with E-state index >= 15 is 0 Å². The summed E-state index contributed by atoms with van der Waals surface area (Å²) in [5, 5.41) is 14.1. The van der Waals surface area contributed by atoms with Crippen LogP contribution in [0.4, 0.5) is 14.6 Å². The second-order valence-electron chi connectivity index (χ2n) is 7.39. The van der Waals surface area contributed by atoms with Crippen molar-refractivity contribution in [1.82, 2.24) is 24.7 Å². The van der Waals surface area contributed by atoms with Crippen LogP contribution in [0.5, 0.6) is 5.75 Å². The predicted molar refractivity (Wildman–Crippen MR) is 101 cm³/mol. The number of fused-ring (bicyclic) bond motifs is 1. The van der Waals surface area contributed by atoms with Crippen LogP contribution in [-0.4, -0.2) is 44.5 Å². The molecule has 4 heterocycles. The number of aromatic nitrogens is 4. The maximum Gasteiger partial charge on any atom is 0.333 e. The summed E-state index contributed by atoms with van der Waals surface area (Å²) >= 11 is 0. The van der Waals surface area contributed by atoms with E-state index in [2.05, 4.69) is 20.8 Å². The van der Waals surface area contributed by atoms with Gasteiger partial charge in [0, 0.05) is 30.3 Å². The molecule has 2 fully saturated rings. The maximum absolute atomic E-state index is 13.6. The van der Waals surface area contributed by atoms with Gasteiger partial charge in [0.05, 0.1) is 11.7 Å². The van der Waals surface area contributed by atoms with Gasteiger partial charge in [-0.15, -0.1) is 0 Å². The number of hydrogen-bond donors (Lipinski definition) is 2. The molecular formula is C19H20F2N6O2. The third-order valence-corrected chi connectivity index (χ3v) is 5.19. The molecule has 8 nitrogen and oxygen atoms in total. The van der Waals surface area contributed by atoms with Gasteiger partial charge in [-0.25, -0.2) is 4.52 Å². The molecule has 0 unspecified atom stereocenters. The Kier molecular flexibility index (Phi) is 4.42. The number of alkyl halides is 2. The number of carbonyl (C=O) groups excluding carboxylic acids is 1. The molecule has 152 valence electrons. The Morgan fingerprint density at radius 3 is 2.90 bits per heavy atom. The smallest absolute Gasteiger partial charge is 0.333 e. The van der Waals surface area contributed by atoms with Crippen molar-refractivity contribution < 1.29 is 18.3 Å². The number of halogens is 2. The number of amides is 1. The zero-order chi connectivity index (χ0) is 20.0. The van der Waals surface area contributed by atoms with E-state index in [9.17, 15) is 13.6 Å². The number of hydrogen-bond acceptors (Lipinski definition) is 5. The monoisotopic (exact) mass is 402 g/mol. The SMILES string of the molecule is O=C(Nc1cc2cc(-c3c(O[C@H]4CCNC4)cnn3C(F)F)ccn2n1)C1CC1. The molecule has 10 heteroatoms. The van der Waals surface area contributed by atoms with Crippen LogP contribution in [0.25, 0.3) is 16.8 Å². The molecule has 2 aliphatic rings. The Hall–Kier alpha value is -3.01. The van der Waals surface area contributed by atoms with Crippen molar-refractivity contribution in [2.75, 3.05) is 18.4 Å². The molecule has 0 radical (unpaired) electrons. The molecular weight excluding hydrogens is 382 g/mol. The highest BCUT2D eigenvalue weighted by molar-refractivity contribution is 5.93. The van der Waals surface area contributed by atoms with Gasteiger partial charge in [0.15, 0.2) is 11.6 Å². The van der Waals surface area contributed by atoms with Gasteiger partial charge in [0.1, 0.15) is 11.8 Å². The van der Waals surface area contributed by atoms with E-state index in [1.807, 2.05) is 0 Å². The Balaban J connectivity index is 1.48. The molecule has 0 bridgehead atoms. The van der Waals surface area contributed by atoms with Crippen LogP contribution in [0.2, 0.25) is 0 Å². The lowest BCUT2D eigenvalue weighted by molar-refractivity contribution is -0.117. The summed E-state index contributed by atoms with van der Waals surface area (Å²) in [5.41, 5.74) is 1.43. The number of nitrogens with zero attached hydrogens (tertiary/aromatic N) is 4. The fourth-order valence-electron chi connectivity index (χ4n) is 3.54. The van der Waals surface area contributed by atoms with Gasteiger partial charge in [-0.3, -0.25) is 4.79 Å². The molecule has 1 saturated heterocycles. The summed E-state index contributed by atoms with van der Waals surface area (Å²) < 4.78 is 35.3. The summed E-state index contributed by atoms with van der Waals surface area (Å²) in [4.78, 5) is 12.0. The molecule has 1 saturated carbocycles. The average Bonchev–Trinajstić information content (AvgIpc) is 3.09. The lowest BCUT2D eigenvalue weighted by atomic mass is 10.1. The zero-order valence-electron chi connectivity index (χ0n) is 15.5. The summed E-state index contributed by atoms with van der Waals surface area (Å²) in [6, 6.07) is 5.13. The highest BCUT2D eigenvalue weighted by Gasteiger charge is 2.30. The predicted octanol–water partition coefficient (Wildman–Crippen LogP) is 2.68. The molecule has 1 aliphatic heterocycles. The van der Waals surface area contributed by atoms with Crippen LogP contribution in [0, 0.1) is 5.92 Å². The molecule has 0 spiro atoms. The second kappa shape index (κ2) is 7.11. The molecule has 1 aliphatic carbocycles. The van der Waals surface area contributed by atoms with E-state index in [4.69, 9.17) is 4.74 Å². The minimum absolute atomic E-state index is 0.0368. The van der Waals surface area contributed by atoms with E-state index in [-0.39, 0.29) is 23.6 Å². The number of anilines is 1. The first-order valence-electron chi connectivity index (χ1n) is 9.62. The van der Waals surface area contributed by atoms with Gasteiger partial charge < -0.3 is 15.4 Å². The largest absolute Gasteiger partial charge is 0.485 e. The topological polar surface area (TPSA) is 85.5 Å². The third-order valence-electron chi connectivity index (χ3n) is 5.19. The van der Waals surface area contributed by atoms with E-state index in [1.54, 1.807) is 28.9 Å². The molecule has 1 atom stereocenters. The fraction of sp³-hybridized carbons (Fsp3) is 0.421. The summed E-state index contributed by atoms with van der Waals surface area (Å²) in [5.74, 6) is 0.797. The average molecular weight is 402 g/mol. The normalized spacial score (nSPS) is 19.2. The Morgan fingerprint density at radius 2 is 2.17 bits per heavy atom. The van der Waals surface area contributed by atoms with Crippen LogP contribution in [0.1, 0.15) is 25.8 Å². The van der Waals surface area contributed by atoms with E-state index in [0.717, 1.165) is 25.8 Å². The van der Waals surface area contributed by atoms with E-state index < -0.39 is 6.55 Å². The molecule has 5 rings (SSSR count). The lowest BCUT2D eigenvalue weighted by Gasteiger charge is -2.14. The van der Waals surface area contributed by atoms with Crippen molar-refractivity contribution >= 4 is 17.2 Å². The zero-order valence-corrected chi connectivity index (χ0v) is 15.5. The van der Waals surface area contributed by atoms with Crippen molar-refractivity contribution in [3.05, 3.63) is 30.6 Å². The van der Waals surface area contributed by atoms with Crippen molar-refractivity contribution in [2.24, 2.45) is 5.92 Å². The Labute approximate surface area is 164 Å². The minimum atomic E-state index is -2.79. The molecule has 3 aromatic heterocycles. The Morgan fingerprint density at radius 1 is 1.31 bits per heavy atom. The van der Waals surface area contributed by atoms with E-state index in [1.165, 1.54) is 6.20 Å². The molecule has 29 heavy (non-hydrogen) atoms. The van der Waals surface area contributed by atoms with Crippen LogP contribution >= 0.6 is 0 Å². The highest BCUT2D eigenvalue weighted by Crippen LogP contribution is 2.35. The molecule has 1 amide bonds. The second-order valence-corrected chi connectivity index (χ2v) is 7.39. The molecule has 0 aromatic carbocycles. The van der Waals surface area contributed by atoms with Crippen LogP contribution in [0.15, 0.2) is 30.6 Å². The van der Waals surface area contributed by atoms with Gasteiger partial charge in [0.2, 0.25) is 5.91 Å². The first-order valence-corrected chi connectivity index (χ1v) is 9.62. The molecule has 2 N–H and O–H groups in total. The van der Waals surface area contributed by atoms with E-state index in [0.29, 0.717) is 33.9 Å². The minimum Gasteiger partial charge on any atom is -0.485 e.